The molecule has 0 aliphatic carbocycles. The zero-order chi connectivity index (χ0) is 17.1. The lowest BCUT2D eigenvalue weighted by molar-refractivity contribution is -0.121. The van der Waals surface area contributed by atoms with Crippen molar-refractivity contribution in [2.24, 2.45) is 4.99 Å². The third kappa shape index (κ3) is 3.83. The lowest BCUT2D eigenvalue weighted by Gasteiger charge is -2.08. The highest BCUT2D eigenvalue weighted by Crippen LogP contribution is 2.29. The number of carbonyl (C=O) groups is 2. The Balaban J connectivity index is 1.60. The Bertz CT molecular complexity index is 798. The van der Waals surface area contributed by atoms with Gasteiger partial charge in [0.15, 0.2) is 0 Å². The molecule has 0 fully saturated rings. The predicted octanol–water partition coefficient (Wildman–Crippen LogP) is 3.12. The van der Waals surface area contributed by atoms with E-state index in [0.29, 0.717) is 10.7 Å². The number of benzene rings is 2. The van der Waals surface area contributed by atoms with Gasteiger partial charge in [0.1, 0.15) is 16.0 Å². The number of anilines is 1. The molecule has 0 spiro atoms. The number of amides is 2. The van der Waals surface area contributed by atoms with Crippen molar-refractivity contribution in [3.8, 4) is 5.75 Å². The molecule has 122 valence electrons. The zero-order valence-corrected chi connectivity index (χ0v) is 13.8. The number of hydrogen-bond acceptors (Lipinski definition) is 4. The molecule has 2 amide bonds. The molecule has 0 radical (unpaired) electrons. The van der Waals surface area contributed by atoms with Crippen LogP contribution < -0.4 is 5.32 Å². The van der Waals surface area contributed by atoms with E-state index in [9.17, 15) is 14.7 Å². The van der Waals surface area contributed by atoms with Crippen molar-refractivity contribution in [3.63, 3.8) is 0 Å². The molecular formula is C18H16N2O3S. The Morgan fingerprint density at radius 2 is 1.83 bits per heavy atom. The van der Waals surface area contributed by atoms with Crippen LogP contribution in [0.2, 0.25) is 0 Å². The van der Waals surface area contributed by atoms with Crippen LogP contribution in [0.15, 0.2) is 53.5 Å². The van der Waals surface area contributed by atoms with Crippen LogP contribution in [0.5, 0.6) is 5.75 Å². The van der Waals surface area contributed by atoms with E-state index >= 15 is 0 Å². The summed E-state index contributed by atoms with van der Waals surface area (Å²) in [4.78, 5) is 28.2. The largest absolute Gasteiger partial charge is 0.508 e. The summed E-state index contributed by atoms with van der Waals surface area (Å²) < 4.78 is 0. The van der Waals surface area contributed by atoms with Gasteiger partial charge in [0.05, 0.1) is 0 Å². The van der Waals surface area contributed by atoms with E-state index in [0.717, 1.165) is 11.1 Å². The second-order valence-corrected chi connectivity index (χ2v) is 6.72. The Hall–Kier alpha value is -2.60. The molecule has 0 aromatic heterocycles. The number of carbonyl (C=O) groups excluding carboxylic acids is 2. The fraction of sp³-hybridized carbons (Fsp3) is 0.167. The third-order valence-corrected chi connectivity index (χ3v) is 4.76. The van der Waals surface area contributed by atoms with Gasteiger partial charge in [-0.25, -0.2) is 4.99 Å². The number of aryl methyl sites for hydroxylation is 1. The molecule has 0 unspecified atom stereocenters. The minimum atomic E-state index is -0.515. The maximum absolute atomic E-state index is 12.1. The number of aliphatic imine (C=N–C) groups is 1. The Morgan fingerprint density at radius 3 is 2.50 bits per heavy atom. The maximum atomic E-state index is 12.1. The summed E-state index contributed by atoms with van der Waals surface area (Å²) in [7, 11) is 0. The van der Waals surface area contributed by atoms with Crippen molar-refractivity contribution in [2.75, 3.05) is 5.32 Å². The first-order valence-electron chi connectivity index (χ1n) is 7.46. The molecule has 2 aromatic carbocycles. The van der Waals surface area contributed by atoms with E-state index < -0.39 is 5.25 Å². The van der Waals surface area contributed by atoms with E-state index in [1.165, 1.54) is 11.8 Å². The molecule has 3 rings (SSSR count). The number of phenols is 1. The standard InChI is InChI=1S/C18H16N2O3S/c1-11-2-6-13(7-3-11)19-16(22)10-15-17(23)20-18(24-15)12-4-8-14(21)9-5-12/h2-9,15,21H,10H2,1H3,(H,19,22)/t15-/m1/s1. The fourth-order valence-corrected chi connectivity index (χ4v) is 3.34. The van der Waals surface area contributed by atoms with Crippen molar-refractivity contribution >= 4 is 34.3 Å². The van der Waals surface area contributed by atoms with E-state index in [1.54, 1.807) is 24.3 Å². The Morgan fingerprint density at radius 1 is 1.17 bits per heavy atom. The van der Waals surface area contributed by atoms with Gasteiger partial charge in [-0.2, -0.15) is 0 Å². The molecule has 1 aliphatic heterocycles. The first kappa shape index (κ1) is 16.3. The summed E-state index contributed by atoms with van der Waals surface area (Å²) in [6.45, 7) is 1.97. The van der Waals surface area contributed by atoms with Crippen LogP contribution in [0.25, 0.3) is 0 Å². The van der Waals surface area contributed by atoms with Crippen LogP contribution in [0.1, 0.15) is 17.5 Å². The van der Waals surface area contributed by atoms with E-state index in [1.807, 2.05) is 31.2 Å². The highest BCUT2D eigenvalue weighted by Gasteiger charge is 2.31. The van der Waals surface area contributed by atoms with E-state index in [4.69, 9.17) is 0 Å². The molecule has 0 bridgehead atoms. The zero-order valence-electron chi connectivity index (χ0n) is 13.0. The topological polar surface area (TPSA) is 78.8 Å². The summed E-state index contributed by atoms with van der Waals surface area (Å²) in [5, 5.41) is 12.2. The van der Waals surface area contributed by atoms with Gasteiger partial charge in [-0.15, -0.1) is 0 Å². The molecule has 2 N–H and O–H groups in total. The second kappa shape index (κ2) is 6.88. The average Bonchev–Trinajstić information content (AvgIpc) is 2.91. The van der Waals surface area contributed by atoms with Crippen LogP contribution >= 0.6 is 11.8 Å². The van der Waals surface area contributed by atoms with Gasteiger partial charge in [-0.05, 0) is 43.3 Å². The first-order valence-corrected chi connectivity index (χ1v) is 8.34. The average molecular weight is 340 g/mol. The SMILES string of the molecule is Cc1ccc(NC(=O)C[C@H]2SC(c3ccc(O)cc3)=NC2=O)cc1. The fourth-order valence-electron chi connectivity index (χ4n) is 2.27. The molecular weight excluding hydrogens is 324 g/mol. The highest BCUT2D eigenvalue weighted by molar-refractivity contribution is 8.16. The number of phenolic OH excluding ortho intramolecular Hbond substituents is 1. The first-order chi connectivity index (χ1) is 11.5. The molecule has 24 heavy (non-hydrogen) atoms. The van der Waals surface area contributed by atoms with E-state index in [2.05, 4.69) is 10.3 Å². The Labute approximate surface area is 143 Å². The molecule has 2 aromatic rings. The van der Waals surface area contributed by atoms with Crippen LogP contribution in [0.4, 0.5) is 5.69 Å². The van der Waals surface area contributed by atoms with Crippen LogP contribution in [0.3, 0.4) is 0 Å². The number of aromatic hydroxyl groups is 1. The quantitative estimate of drug-likeness (QED) is 0.896. The van der Waals surface area contributed by atoms with Crippen molar-refractivity contribution in [1.29, 1.82) is 0 Å². The smallest absolute Gasteiger partial charge is 0.260 e. The summed E-state index contributed by atoms with van der Waals surface area (Å²) >= 11 is 1.28. The summed E-state index contributed by atoms with van der Waals surface area (Å²) in [5.41, 5.74) is 2.58. The van der Waals surface area contributed by atoms with Crippen molar-refractivity contribution in [3.05, 3.63) is 59.7 Å². The summed E-state index contributed by atoms with van der Waals surface area (Å²) in [6.07, 6.45) is 0.0719. The number of hydrogen-bond donors (Lipinski definition) is 2. The number of thioether (sulfide) groups is 1. The summed E-state index contributed by atoms with van der Waals surface area (Å²) in [6, 6.07) is 14.0. The summed E-state index contributed by atoms with van der Waals surface area (Å²) in [5.74, 6) is -0.364. The normalized spacial score (nSPS) is 16.8. The third-order valence-electron chi connectivity index (χ3n) is 3.56. The van der Waals surface area contributed by atoms with Crippen molar-refractivity contribution in [2.45, 2.75) is 18.6 Å². The monoisotopic (exact) mass is 340 g/mol. The van der Waals surface area contributed by atoms with Crippen LogP contribution in [-0.2, 0) is 9.59 Å². The minimum Gasteiger partial charge on any atom is -0.508 e. The Kier molecular flexibility index (Phi) is 4.66. The predicted molar refractivity (Wildman–Crippen MR) is 95.5 cm³/mol. The number of nitrogens with zero attached hydrogens (tertiary/aromatic N) is 1. The molecule has 1 heterocycles. The molecule has 0 saturated carbocycles. The number of nitrogens with one attached hydrogen (secondary N) is 1. The van der Waals surface area contributed by atoms with E-state index in [-0.39, 0.29) is 24.0 Å². The van der Waals surface area contributed by atoms with Gasteiger partial charge in [0, 0.05) is 17.7 Å². The molecule has 6 heteroatoms. The molecule has 5 nitrogen and oxygen atoms in total. The van der Waals surface area contributed by atoms with Gasteiger partial charge >= 0.3 is 0 Å². The lowest BCUT2D eigenvalue weighted by atomic mass is 10.2. The molecule has 0 saturated heterocycles. The highest BCUT2D eigenvalue weighted by atomic mass is 32.2. The van der Waals surface area contributed by atoms with Crippen molar-refractivity contribution in [1.82, 2.24) is 0 Å². The van der Waals surface area contributed by atoms with Gasteiger partial charge in [0.2, 0.25) is 5.91 Å². The van der Waals surface area contributed by atoms with Crippen LogP contribution in [-0.4, -0.2) is 27.2 Å². The molecule has 1 aliphatic rings. The van der Waals surface area contributed by atoms with Crippen molar-refractivity contribution < 1.29 is 14.7 Å². The van der Waals surface area contributed by atoms with Gasteiger partial charge in [-0.3, -0.25) is 9.59 Å². The van der Waals surface area contributed by atoms with Crippen LogP contribution in [0, 0.1) is 6.92 Å². The second-order valence-electron chi connectivity index (χ2n) is 5.53. The van der Waals surface area contributed by atoms with Gasteiger partial charge in [0.25, 0.3) is 5.91 Å². The maximum Gasteiger partial charge on any atom is 0.260 e. The number of rotatable bonds is 4. The molecule has 1 atom stereocenters. The minimum absolute atomic E-state index is 0.0719. The van der Waals surface area contributed by atoms with Gasteiger partial charge in [-0.1, -0.05) is 29.5 Å². The lowest BCUT2D eigenvalue weighted by Crippen LogP contribution is -2.21. The van der Waals surface area contributed by atoms with Gasteiger partial charge < -0.3 is 10.4 Å².